The second kappa shape index (κ2) is 9.41. The summed E-state index contributed by atoms with van der Waals surface area (Å²) in [5, 5.41) is 16.6. The van der Waals surface area contributed by atoms with Crippen molar-refractivity contribution in [2.45, 2.75) is 20.5 Å². The molecule has 0 saturated heterocycles. The van der Waals surface area contributed by atoms with Gasteiger partial charge in [-0.15, -0.1) is 0 Å². The molecule has 4 rings (SSSR count). The molecule has 3 aromatic rings. The number of rotatable bonds is 5. The number of aromatic amines is 1. The standard InChI is InChI=1S/C26H24N4O2/c1-4-7-22(26-29-20(15-31)16-32-26)21-10-6-9-19(13-12-17(21)2)23-14-27-30-25(23)24-11-5-8-18(3)28-24/h4-14,16,31H,2,15H2,1,3H3,(H,27,30)/b7-4-,10-6+,13-12-,19-9-,22-21+. The van der Waals surface area contributed by atoms with Crippen LogP contribution in [0.2, 0.25) is 0 Å². The summed E-state index contributed by atoms with van der Waals surface area (Å²) in [4.78, 5) is 8.98. The van der Waals surface area contributed by atoms with Crippen molar-refractivity contribution in [2.75, 3.05) is 0 Å². The van der Waals surface area contributed by atoms with Gasteiger partial charge >= 0.3 is 0 Å². The first kappa shape index (κ1) is 21.2. The molecule has 1 aliphatic rings. The van der Waals surface area contributed by atoms with E-state index < -0.39 is 0 Å². The third-order valence-electron chi connectivity index (χ3n) is 5.01. The highest BCUT2D eigenvalue weighted by atomic mass is 16.3. The van der Waals surface area contributed by atoms with Gasteiger partial charge in [0, 0.05) is 16.8 Å². The molecular formula is C26H24N4O2. The summed E-state index contributed by atoms with van der Waals surface area (Å²) in [5.41, 5.74) is 7.57. The lowest BCUT2D eigenvalue weighted by Crippen LogP contribution is -1.94. The zero-order valence-corrected chi connectivity index (χ0v) is 18.0. The van der Waals surface area contributed by atoms with Crippen molar-refractivity contribution in [1.29, 1.82) is 0 Å². The summed E-state index contributed by atoms with van der Waals surface area (Å²) in [6.07, 6.45) is 17.1. The lowest BCUT2D eigenvalue weighted by Gasteiger charge is -2.10. The Morgan fingerprint density at radius 1 is 1.22 bits per heavy atom. The molecule has 0 fully saturated rings. The van der Waals surface area contributed by atoms with Gasteiger partial charge in [0.25, 0.3) is 0 Å². The number of aromatic nitrogens is 4. The van der Waals surface area contributed by atoms with Crippen LogP contribution in [0.1, 0.15) is 29.8 Å². The molecule has 6 heteroatoms. The molecule has 0 bridgehead atoms. The number of H-pyrrole nitrogens is 1. The van der Waals surface area contributed by atoms with Gasteiger partial charge in [0.15, 0.2) is 0 Å². The quantitative estimate of drug-likeness (QED) is 0.576. The van der Waals surface area contributed by atoms with Crippen molar-refractivity contribution in [3.8, 4) is 11.4 Å². The first-order valence-corrected chi connectivity index (χ1v) is 10.3. The Morgan fingerprint density at radius 3 is 2.84 bits per heavy atom. The van der Waals surface area contributed by atoms with E-state index in [0.717, 1.165) is 44.9 Å². The second-order valence-electron chi connectivity index (χ2n) is 7.29. The minimum absolute atomic E-state index is 0.173. The van der Waals surface area contributed by atoms with Crippen LogP contribution in [0.5, 0.6) is 0 Å². The molecular weight excluding hydrogens is 400 g/mol. The molecule has 0 spiro atoms. The van der Waals surface area contributed by atoms with Gasteiger partial charge in [-0.2, -0.15) is 5.10 Å². The van der Waals surface area contributed by atoms with E-state index in [4.69, 9.17) is 4.42 Å². The molecule has 3 heterocycles. The average molecular weight is 425 g/mol. The molecule has 6 nitrogen and oxygen atoms in total. The zero-order valence-electron chi connectivity index (χ0n) is 18.0. The molecule has 3 aromatic heterocycles. The van der Waals surface area contributed by atoms with Crippen LogP contribution in [0.3, 0.4) is 0 Å². The highest BCUT2D eigenvalue weighted by Crippen LogP contribution is 2.31. The smallest absolute Gasteiger partial charge is 0.226 e. The maximum atomic E-state index is 9.33. The van der Waals surface area contributed by atoms with E-state index in [1.165, 1.54) is 6.26 Å². The number of pyridine rings is 1. The monoisotopic (exact) mass is 424 g/mol. The van der Waals surface area contributed by atoms with Crippen LogP contribution in [0.25, 0.3) is 22.5 Å². The molecule has 160 valence electrons. The Balaban J connectivity index is 1.75. The zero-order chi connectivity index (χ0) is 22.5. The summed E-state index contributed by atoms with van der Waals surface area (Å²) < 4.78 is 5.58. The Labute approximate surface area is 186 Å². The fourth-order valence-electron chi connectivity index (χ4n) is 3.46. The van der Waals surface area contributed by atoms with Gasteiger partial charge in [-0.1, -0.05) is 55.2 Å². The predicted octanol–water partition coefficient (Wildman–Crippen LogP) is 5.36. The number of hydrogen-bond donors (Lipinski definition) is 2. The number of aliphatic hydroxyl groups excluding tert-OH is 1. The van der Waals surface area contributed by atoms with Gasteiger partial charge in [0.1, 0.15) is 12.0 Å². The summed E-state index contributed by atoms with van der Waals surface area (Å²) >= 11 is 0. The minimum atomic E-state index is -0.173. The summed E-state index contributed by atoms with van der Waals surface area (Å²) in [5.74, 6) is 0.439. The number of oxazole rings is 1. The summed E-state index contributed by atoms with van der Waals surface area (Å²) in [6.45, 7) is 7.97. The normalized spacial score (nSPS) is 19.3. The van der Waals surface area contributed by atoms with Crippen LogP contribution in [0.15, 0.2) is 95.3 Å². The van der Waals surface area contributed by atoms with E-state index in [2.05, 4.69) is 26.7 Å². The number of aliphatic hydroxyl groups is 1. The van der Waals surface area contributed by atoms with Crippen LogP contribution in [0.4, 0.5) is 0 Å². The summed E-state index contributed by atoms with van der Waals surface area (Å²) in [7, 11) is 0. The molecule has 0 saturated carbocycles. The Bertz CT molecular complexity index is 1300. The van der Waals surface area contributed by atoms with Crippen molar-refractivity contribution in [2.24, 2.45) is 0 Å². The number of allylic oxidation sites excluding steroid dienone is 11. The van der Waals surface area contributed by atoms with Crippen molar-refractivity contribution in [3.63, 3.8) is 0 Å². The number of nitrogens with one attached hydrogen (secondary N) is 1. The molecule has 1 aliphatic carbocycles. The molecule has 0 aromatic carbocycles. The molecule has 0 radical (unpaired) electrons. The first-order valence-electron chi connectivity index (χ1n) is 10.3. The topological polar surface area (TPSA) is 87.8 Å². The molecule has 0 amide bonds. The van der Waals surface area contributed by atoms with Crippen LogP contribution >= 0.6 is 0 Å². The molecule has 0 aliphatic heterocycles. The van der Waals surface area contributed by atoms with Crippen LogP contribution in [0, 0.1) is 6.92 Å². The Hall–Kier alpha value is -4.03. The van der Waals surface area contributed by atoms with E-state index in [1.807, 2.05) is 74.6 Å². The fraction of sp³-hybridized carbons (Fsp3) is 0.115. The third kappa shape index (κ3) is 4.36. The van der Waals surface area contributed by atoms with E-state index in [0.29, 0.717) is 11.6 Å². The van der Waals surface area contributed by atoms with Gasteiger partial charge in [0.2, 0.25) is 5.89 Å². The van der Waals surface area contributed by atoms with Gasteiger partial charge in [-0.3, -0.25) is 10.1 Å². The van der Waals surface area contributed by atoms with E-state index in [1.54, 1.807) is 6.20 Å². The van der Waals surface area contributed by atoms with Crippen molar-refractivity contribution >= 4 is 11.1 Å². The van der Waals surface area contributed by atoms with Crippen molar-refractivity contribution < 1.29 is 9.52 Å². The van der Waals surface area contributed by atoms with E-state index >= 15 is 0 Å². The van der Waals surface area contributed by atoms with Crippen LogP contribution in [-0.2, 0) is 6.61 Å². The average Bonchev–Trinajstić information content (AvgIpc) is 3.45. The molecule has 2 N–H and O–H groups in total. The fourth-order valence-corrected chi connectivity index (χ4v) is 3.46. The number of aryl methyl sites for hydroxylation is 1. The van der Waals surface area contributed by atoms with E-state index in [-0.39, 0.29) is 6.61 Å². The minimum Gasteiger partial charge on any atom is -0.444 e. The lowest BCUT2D eigenvalue weighted by molar-refractivity contribution is 0.276. The predicted molar refractivity (Wildman–Crippen MR) is 126 cm³/mol. The van der Waals surface area contributed by atoms with Crippen molar-refractivity contribution in [1.82, 2.24) is 20.2 Å². The van der Waals surface area contributed by atoms with Gasteiger partial charge < -0.3 is 9.52 Å². The van der Waals surface area contributed by atoms with Gasteiger partial charge in [0.05, 0.1) is 24.2 Å². The van der Waals surface area contributed by atoms with Gasteiger partial charge in [-0.25, -0.2) is 4.98 Å². The molecule has 32 heavy (non-hydrogen) atoms. The molecule has 0 unspecified atom stereocenters. The third-order valence-corrected chi connectivity index (χ3v) is 5.01. The lowest BCUT2D eigenvalue weighted by atomic mass is 9.95. The molecule has 0 atom stereocenters. The summed E-state index contributed by atoms with van der Waals surface area (Å²) in [6, 6.07) is 5.92. The van der Waals surface area contributed by atoms with Crippen molar-refractivity contribution in [3.05, 3.63) is 114 Å². The second-order valence-corrected chi connectivity index (χ2v) is 7.29. The largest absolute Gasteiger partial charge is 0.444 e. The Kier molecular flexibility index (Phi) is 6.24. The first-order chi connectivity index (χ1) is 15.6. The van der Waals surface area contributed by atoms with Gasteiger partial charge in [-0.05, 0) is 42.7 Å². The number of hydrogen-bond acceptors (Lipinski definition) is 5. The Morgan fingerprint density at radius 2 is 2.09 bits per heavy atom. The van der Waals surface area contributed by atoms with E-state index in [9.17, 15) is 5.11 Å². The highest BCUT2D eigenvalue weighted by Gasteiger charge is 2.15. The van der Waals surface area contributed by atoms with Crippen LogP contribution in [-0.4, -0.2) is 25.3 Å². The maximum absolute atomic E-state index is 9.33. The highest BCUT2D eigenvalue weighted by molar-refractivity contribution is 5.86. The number of nitrogens with zero attached hydrogens (tertiary/aromatic N) is 3. The SMILES string of the molecule is C=C1\C=C/C(c2cn[nH]c2-c2cccc(C)n2)=C/C=C/C1=C(/C=C\C)c1nc(CO)co1. The van der Waals surface area contributed by atoms with Crippen LogP contribution < -0.4 is 0 Å². The maximum Gasteiger partial charge on any atom is 0.226 e.